The quantitative estimate of drug-likeness (QED) is 0.260. The van der Waals surface area contributed by atoms with Crippen molar-refractivity contribution in [3.05, 3.63) is 82.3 Å². The van der Waals surface area contributed by atoms with Crippen LogP contribution in [-0.4, -0.2) is 31.4 Å². The Balaban J connectivity index is 1.62. The highest BCUT2D eigenvalue weighted by Crippen LogP contribution is 2.33. The van der Waals surface area contributed by atoms with Gasteiger partial charge in [0, 0.05) is 21.4 Å². The molecule has 3 N–H and O–H groups in total. The van der Waals surface area contributed by atoms with E-state index in [4.69, 9.17) is 9.47 Å². The van der Waals surface area contributed by atoms with Crippen molar-refractivity contribution < 1.29 is 19.1 Å². The van der Waals surface area contributed by atoms with E-state index in [0.29, 0.717) is 39.5 Å². The Morgan fingerprint density at radius 2 is 1.68 bits per heavy atom. The third-order valence-corrected chi connectivity index (χ3v) is 5.23. The fraction of sp³-hybridized carbons (Fsp3) is 0.160. The molecule has 0 fully saturated rings. The van der Waals surface area contributed by atoms with Crippen LogP contribution in [0, 0.1) is 6.92 Å². The van der Waals surface area contributed by atoms with Gasteiger partial charge in [-0.3, -0.25) is 4.79 Å². The number of para-hydroxylation sites is 2. The van der Waals surface area contributed by atoms with Gasteiger partial charge in [-0.1, -0.05) is 36.4 Å². The van der Waals surface area contributed by atoms with E-state index in [-0.39, 0.29) is 12.5 Å². The number of nitrogens with zero attached hydrogens (tertiary/aromatic N) is 1. The smallest absolute Gasteiger partial charge is 0.339 e. The molecule has 3 rings (SSSR count). The number of hydrogen-bond donors (Lipinski definition) is 3. The summed E-state index contributed by atoms with van der Waals surface area (Å²) in [6.45, 7) is 3.97. The zero-order valence-electron chi connectivity index (χ0n) is 18.8. The largest absolute Gasteiger partial charge is 0.490 e. The number of hydrazone groups is 1. The fourth-order valence-electron chi connectivity index (χ4n) is 2.92. The predicted molar refractivity (Wildman–Crippen MR) is 137 cm³/mol. The molecule has 0 bridgehead atoms. The van der Waals surface area contributed by atoms with Crippen LogP contribution in [0.15, 0.2) is 76.3 Å². The van der Waals surface area contributed by atoms with Crippen LogP contribution in [0.2, 0.25) is 0 Å². The van der Waals surface area contributed by atoms with Gasteiger partial charge in [-0.2, -0.15) is 5.10 Å². The van der Waals surface area contributed by atoms with Crippen LogP contribution < -0.4 is 25.5 Å². The minimum absolute atomic E-state index is 0.185. The first kappa shape index (κ1) is 24.8. The molecule has 34 heavy (non-hydrogen) atoms. The van der Waals surface area contributed by atoms with Gasteiger partial charge >= 0.3 is 6.03 Å². The summed E-state index contributed by atoms with van der Waals surface area (Å²) in [6.07, 6.45) is 1.48. The Labute approximate surface area is 206 Å². The molecule has 0 radical (unpaired) electrons. The molecule has 0 aliphatic carbocycles. The van der Waals surface area contributed by atoms with Gasteiger partial charge in [-0.25, -0.2) is 10.2 Å². The molecule has 0 spiro atoms. The monoisotopic (exact) mass is 524 g/mol. The number of aryl methyl sites for hydroxylation is 1. The van der Waals surface area contributed by atoms with E-state index in [1.807, 2.05) is 56.3 Å². The second-order valence-corrected chi connectivity index (χ2v) is 7.95. The first-order chi connectivity index (χ1) is 16.5. The van der Waals surface area contributed by atoms with Crippen LogP contribution in [0.1, 0.15) is 18.1 Å². The van der Waals surface area contributed by atoms with E-state index < -0.39 is 6.03 Å². The van der Waals surface area contributed by atoms with Gasteiger partial charge in [0.25, 0.3) is 5.91 Å². The van der Waals surface area contributed by atoms with Crippen LogP contribution in [0.5, 0.6) is 11.5 Å². The Morgan fingerprint density at radius 1 is 0.971 bits per heavy atom. The van der Waals surface area contributed by atoms with Crippen molar-refractivity contribution in [2.24, 2.45) is 5.10 Å². The molecule has 0 aliphatic heterocycles. The third kappa shape index (κ3) is 7.35. The molecule has 0 saturated heterocycles. The summed E-state index contributed by atoms with van der Waals surface area (Å²) >= 11 is 3.47. The van der Waals surface area contributed by atoms with Crippen molar-refractivity contribution >= 4 is 45.5 Å². The summed E-state index contributed by atoms with van der Waals surface area (Å²) in [4.78, 5) is 24.3. The average Bonchev–Trinajstić information content (AvgIpc) is 2.82. The molecule has 0 aliphatic rings. The van der Waals surface area contributed by atoms with E-state index >= 15 is 0 Å². The molecule has 176 valence electrons. The summed E-state index contributed by atoms with van der Waals surface area (Å²) < 4.78 is 12.0. The molecule has 0 aromatic heterocycles. The van der Waals surface area contributed by atoms with E-state index in [9.17, 15) is 9.59 Å². The first-order valence-corrected chi connectivity index (χ1v) is 11.3. The Kier molecular flexibility index (Phi) is 9.04. The lowest BCUT2D eigenvalue weighted by atomic mass is 10.2. The summed E-state index contributed by atoms with van der Waals surface area (Å²) in [5.74, 6) is 0.558. The molecule has 0 heterocycles. The van der Waals surface area contributed by atoms with E-state index in [0.717, 1.165) is 5.56 Å². The Hall–Kier alpha value is -3.85. The second kappa shape index (κ2) is 12.4. The van der Waals surface area contributed by atoms with Crippen molar-refractivity contribution in [2.75, 3.05) is 23.8 Å². The number of halogens is 1. The summed E-state index contributed by atoms with van der Waals surface area (Å²) in [5.41, 5.74) is 5.42. The summed E-state index contributed by atoms with van der Waals surface area (Å²) in [6, 6.07) is 19.5. The van der Waals surface area contributed by atoms with E-state index in [1.54, 1.807) is 24.3 Å². The van der Waals surface area contributed by atoms with Gasteiger partial charge in [0.05, 0.1) is 12.8 Å². The molecule has 3 amide bonds. The van der Waals surface area contributed by atoms with Crippen molar-refractivity contribution in [3.63, 3.8) is 0 Å². The molecule has 9 heteroatoms. The van der Waals surface area contributed by atoms with Gasteiger partial charge < -0.3 is 20.1 Å². The van der Waals surface area contributed by atoms with Gasteiger partial charge in [0.1, 0.15) is 0 Å². The maximum Gasteiger partial charge on any atom is 0.339 e. The number of benzene rings is 3. The number of ether oxygens (including phenoxy) is 2. The number of urea groups is 1. The van der Waals surface area contributed by atoms with Crippen molar-refractivity contribution in [2.45, 2.75) is 13.8 Å². The molecule has 3 aromatic carbocycles. The molecule has 3 aromatic rings. The number of carbonyl (C=O) groups is 2. The molecule has 0 saturated carbocycles. The van der Waals surface area contributed by atoms with E-state index in [1.165, 1.54) is 6.21 Å². The topological polar surface area (TPSA) is 101 Å². The van der Waals surface area contributed by atoms with Gasteiger partial charge in [0.15, 0.2) is 18.1 Å². The molecular formula is C25H25BrN4O4. The maximum absolute atomic E-state index is 12.2. The Morgan fingerprint density at radius 3 is 2.41 bits per heavy atom. The zero-order chi connectivity index (χ0) is 24.3. The number of amides is 3. The minimum Gasteiger partial charge on any atom is -0.490 e. The van der Waals surface area contributed by atoms with Gasteiger partial charge in [-0.15, -0.1) is 0 Å². The minimum atomic E-state index is -0.462. The molecular weight excluding hydrogens is 500 g/mol. The lowest BCUT2D eigenvalue weighted by Gasteiger charge is -2.14. The van der Waals surface area contributed by atoms with Crippen molar-refractivity contribution in [1.82, 2.24) is 5.43 Å². The number of anilines is 2. The number of carbonyl (C=O) groups excluding carboxylic acids is 2. The SMILES string of the molecule is CCOc1cc(C=NNC(=O)Nc2ccccc2C)c(Br)cc1OCC(=O)Nc1ccccc1. The van der Waals surface area contributed by atoms with Crippen molar-refractivity contribution in [1.29, 1.82) is 0 Å². The first-order valence-electron chi connectivity index (χ1n) is 10.6. The third-order valence-electron chi connectivity index (χ3n) is 4.54. The number of hydrogen-bond acceptors (Lipinski definition) is 5. The van der Waals surface area contributed by atoms with Crippen molar-refractivity contribution in [3.8, 4) is 11.5 Å². The highest BCUT2D eigenvalue weighted by Gasteiger charge is 2.12. The van der Waals surface area contributed by atoms with Crippen LogP contribution in [0.3, 0.4) is 0 Å². The Bertz CT molecular complexity index is 1170. The van der Waals surface area contributed by atoms with Gasteiger partial charge in [-0.05, 0) is 65.7 Å². The zero-order valence-corrected chi connectivity index (χ0v) is 20.4. The summed E-state index contributed by atoms with van der Waals surface area (Å²) in [5, 5.41) is 9.51. The lowest BCUT2D eigenvalue weighted by molar-refractivity contribution is -0.118. The molecule has 0 atom stereocenters. The van der Waals surface area contributed by atoms with Gasteiger partial charge in [0.2, 0.25) is 0 Å². The summed E-state index contributed by atoms with van der Waals surface area (Å²) in [7, 11) is 0. The van der Waals surface area contributed by atoms with Crippen LogP contribution in [-0.2, 0) is 4.79 Å². The van der Waals surface area contributed by atoms with Crippen LogP contribution in [0.25, 0.3) is 0 Å². The second-order valence-electron chi connectivity index (χ2n) is 7.10. The highest BCUT2D eigenvalue weighted by atomic mass is 79.9. The number of nitrogens with one attached hydrogen (secondary N) is 3. The van der Waals surface area contributed by atoms with Crippen LogP contribution in [0.4, 0.5) is 16.2 Å². The normalized spacial score (nSPS) is 10.6. The maximum atomic E-state index is 12.2. The molecule has 0 unspecified atom stereocenters. The van der Waals surface area contributed by atoms with E-state index in [2.05, 4.69) is 37.1 Å². The predicted octanol–water partition coefficient (Wildman–Crippen LogP) is 5.33. The van der Waals surface area contributed by atoms with Crippen LogP contribution >= 0.6 is 15.9 Å². The standard InChI is InChI=1S/C25H25BrN4O4/c1-3-33-22-13-18(15-27-30-25(32)29-21-12-8-7-9-17(21)2)20(26)14-23(22)34-16-24(31)28-19-10-5-4-6-11-19/h4-15H,3,16H2,1-2H3,(H,28,31)(H2,29,30,32). The molecule has 8 nitrogen and oxygen atoms in total. The lowest BCUT2D eigenvalue weighted by Crippen LogP contribution is -2.24. The highest BCUT2D eigenvalue weighted by molar-refractivity contribution is 9.10. The average molecular weight is 525 g/mol. The fourth-order valence-corrected chi connectivity index (χ4v) is 3.34. The number of rotatable bonds is 9.